The van der Waals surface area contributed by atoms with Gasteiger partial charge in [0, 0.05) is 11.9 Å². The van der Waals surface area contributed by atoms with Crippen molar-refractivity contribution in [3.63, 3.8) is 0 Å². The zero-order valence-corrected chi connectivity index (χ0v) is 14.2. The van der Waals surface area contributed by atoms with Crippen LogP contribution in [-0.4, -0.2) is 41.6 Å². The molecule has 0 aliphatic carbocycles. The van der Waals surface area contributed by atoms with Crippen LogP contribution in [0, 0.1) is 6.92 Å². The number of aryl methyl sites for hydroxylation is 1. The van der Waals surface area contributed by atoms with Gasteiger partial charge >= 0.3 is 0 Å². The fourth-order valence-electron chi connectivity index (χ4n) is 2.80. The van der Waals surface area contributed by atoms with Crippen LogP contribution in [0.15, 0.2) is 48.5 Å². The lowest BCUT2D eigenvalue weighted by Crippen LogP contribution is -2.34. The first-order valence-corrected chi connectivity index (χ1v) is 8.00. The van der Waals surface area contributed by atoms with Gasteiger partial charge in [0.25, 0.3) is 5.91 Å². The Kier molecular flexibility index (Phi) is 4.62. The van der Waals surface area contributed by atoms with Gasteiger partial charge in [-0.05, 0) is 32.6 Å². The lowest BCUT2D eigenvalue weighted by molar-refractivity contribution is 0.0938. The van der Waals surface area contributed by atoms with Crippen LogP contribution in [0.5, 0.6) is 0 Å². The molecule has 0 bridgehead atoms. The maximum Gasteiger partial charge on any atom is 0.272 e. The summed E-state index contributed by atoms with van der Waals surface area (Å²) in [7, 11) is 4.03. The van der Waals surface area contributed by atoms with Gasteiger partial charge in [-0.3, -0.25) is 9.89 Å². The number of nitrogens with zero attached hydrogens (tertiary/aromatic N) is 2. The zero-order valence-electron chi connectivity index (χ0n) is 14.2. The SMILES string of the molecule is Cc1ccc([C@H](CNC(=O)c2n[nH]c3ccccc23)N(C)C)cc1. The van der Waals surface area contributed by atoms with E-state index in [1.807, 2.05) is 38.4 Å². The van der Waals surface area contributed by atoms with E-state index in [1.54, 1.807) is 0 Å². The number of carbonyl (C=O) groups excluding carboxylic acids is 1. The molecule has 0 saturated carbocycles. The fraction of sp³-hybridized carbons (Fsp3) is 0.263. The summed E-state index contributed by atoms with van der Waals surface area (Å²) < 4.78 is 0. The molecule has 1 amide bonds. The van der Waals surface area contributed by atoms with Crippen molar-refractivity contribution in [2.75, 3.05) is 20.6 Å². The molecule has 5 heteroatoms. The summed E-state index contributed by atoms with van der Waals surface area (Å²) in [5, 5.41) is 10.9. The molecular weight excluding hydrogens is 300 g/mol. The second-order valence-corrected chi connectivity index (χ2v) is 6.22. The van der Waals surface area contributed by atoms with Gasteiger partial charge in [0.15, 0.2) is 5.69 Å². The van der Waals surface area contributed by atoms with Gasteiger partial charge < -0.3 is 10.2 Å². The van der Waals surface area contributed by atoms with Gasteiger partial charge in [0.1, 0.15) is 0 Å². The normalized spacial score (nSPS) is 12.5. The standard InChI is InChI=1S/C19H22N4O/c1-13-8-10-14(11-9-13)17(23(2)3)12-20-19(24)18-15-6-4-5-7-16(15)21-22-18/h4-11,17H,12H2,1-3H3,(H,20,24)(H,21,22)/t17-/m0/s1. The molecule has 1 heterocycles. The van der Waals surface area contributed by atoms with Crippen molar-refractivity contribution in [3.8, 4) is 0 Å². The summed E-state index contributed by atoms with van der Waals surface area (Å²) in [4.78, 5) is 14.6. The van der Waals surface area contributed by atoms with Crippen LogP contribution in [0.3, 0.4) is 0 Å². The van der Waals surface area contributed by atoms with Crippen LogP contribution in [0.25, 0.3) is 10.9 Å². The van der Waals surface area contributed by atoms with Gasteiger partial charge in [-0.2, -0.15) is 5.10 Å². The first kappa shape index (κ1) is 16.2. The Labute approximate surface area is 141 Å². The van der Waals surface area contributed by atoms with Crippen molar-refractivity contribution >= 4 is 16.8 Å². The molecule has 0 radical (unpaired) electrons. The minimum atomic E-state index is -0.161. The Hall–Kier alpha value is -2.66. The predicted octanol–water partition coefficient (Wildman–Crippen LogP) is 2.90. The molecule has 3 rings (SSSR count). The smallest absolute Gasteiger partial charge is 0.272 e. The number of nitrogens with one attached hydrogen (secondary N) is 2. The highest BCUT2D eigenvalue weighted by molar-refractivity contribution is 6.04. The van der Waals surface area contributed by atoms with Crippen molar-refractivity contribution in [2.45, 2.75) is 13.0 Å². The highest BCUT2D eigenvalue weighted by Gasteiger charge is 2.18. The van der Waals surface area contributed by atoms with E-state index in [-0.39, 0.29) is 11.9 Å². The van der Waals surface area contributed by atoms with Crippen LogP contribution in [-0.2, 0) is 0 Å². The van der Waals surface area contributed by atoms with Gasteiger partial charge in [-0.1, -0.05) is 48.0 Å². The number of amides is 1. The maximum absolute atomic E-state index is 12.5. The van der Waals surface area contributed by atoms with Crippen molar-refractivity contribution in [2.24, 2.45) is 0 Å². The molecule has 0 aliphatic heterocycles. The molecule has 0 spiro atoms. The number of fused-ring (bicyclic) bond motifs is 1. The Bertz CT molecular complexity index is 836. The molecule has 124 valence electrons. The molecule has 1 aromatic heterocycles. The van der Waals surface area contributed by atoms with E-state index < -0.39 is 0 Å². The minimum Gasteiger partial charge on any atom is -0.349 e. The Morgan fingerprint density at radius 2 is 1.88 bits per heavy atom. The van der Waals surface area contributed by atoms with E-state index in [1.165, 1.54) is 11.1 Å². The van der Waals surface area contributed by atoms with Crippen LogP contribution in [0.1, 0.15) is 27.7 Å². The third kappa shape index (κ3) is 3.31. The molecule has 3 aromatic rings. The van der Waals surface area contributed by atoms with Gasteiger partial charge in [0.2, 0.25) is 0 Å². The lowest BCUT2D eigenvalue weighted by Gasteiger charge is -2.25. The van der Waals surface area contributed by atoms with E-state index in [2.05, 4.69) is 51.6 Å². The number of rotatable bonds is 5. The number of H-pyrrole nitrogens is 1. The number of carbonyl (C=O) groups is 1. The van der Waals surface area contributed by atoms with Gasteiger partial charge in [-0.25, -0.2) is 0 Å². The Morgan fingerprint density at radius 3 is 2.58 bits per heavy atom. The van der Waals surface area contributed by atoms with Crippen molar-refractivity contribution in [3.05, 3.63) is 65.4 Å². The maximum atomic E-state index is 12.5. The minimum absolute atomic E-state index is 0.111. The van der Waals surface area contributed by atoms with Crippen molar-refractivity contribution in [1.82, 2.24) is 20.4 Å². The number of benzene rings is 2. The molecule has 2 N–H and O–H groups in total. The highest BCUT2D eigenvalue weighted by atomic mass is 16.1. The summed E-state index contributed by atoms with van der Waals surface area (Å²) in [5.41, 5.74) is 3.71. The lowest BCUT2D eigenvalue weighted by atomic mass is 10.0. The summed E-state index contributed by atoms with van der Waals surface area (Å²) in [6.07, 6.45) is 0. The summed E-state index contributed by atoms with van der Waals surface area (Å²) >= 11 is 0. The number of hydrogen-bond acceptors (Lipinski definition) is 3. The number of aromatic nitrogens is 2. The molecule has 0 unspecified atom stereocenters. The molecule has 2 aromatic carbocycles. The third-order valence-electron chi connectivity index (χ3n) is 4.23. The monoisotopic (exact) mass is 322 g/mol. The number of aromatic amines is 1. The summed E-state index contributed by atoms with van der Waals surface area (Å²) in [6, 6.07) is 16.1. The Balaban J connectivity index is 1.75. The Morgan fingerprint density at radius 1 is 1.17 bits per heavy atom. The second-order valence-electron chi connectivity index (χ2n) is 6.22. The second kappa shape index (κ2) is 6.84. The summed E-state index contributed by atoms with van der Waals surface area (Å²) in [6.45, 7) is 2.59. The summed E-state index contributed by atoms with van der Waals surface area (Å²) in [5.74, 6) is -0.161. The van der Waals surface area contributed by atoms with Crippen LogP contribution < -0.4 is 5.32 Å². The quantitative estimate of drug-likeness (QED) is 0.759. The predicted molar refractivity (Wildman–Crippen MR) is 96.0 cm³/mol. The van der Waals surface area contributed by atoms with Gasteiger partial charge in [0.05, 0.1) is 11.6 Å². The molecule has 0 fully saturated rings. The molecular formula is C19H22N4O. The molecule has 24 heavy (non-hydrogen) atoms. The van der Waals surface area contributed by atoms with E-state index >= 15 is 0 Å². The molecule has 5 nitrogen and oxygen atoms in total. The number of likely N-dealkylation sites (N-methyl/N-ethyl adjacent to an activating group) is 1. The van der Waals surface area contributed by atoms with Crippen LogP contribution in [0.4, 0.5) is 0 Å². The number of para-hydroxylation sites is 1. The average Bonchev–Trinajstić information content (AvgIpc) is 3.00. The van der Waals surface area contributed by atoms with Crippen molar-refractivity contribution in [1.29, 1.82) is 0 Å². The number of hydrogen-bond donors (Lipinski definition) is 2. The fourth-order valence-corrected chi connectivity index (χ4v) is 2.80. The molecule has 0 saturated heterocycles. The van der Waals surface area contributed by atoms with Crippen molar-refractivity contribution < 1.29 is 4.79 Å². The highest BCUT2D eigenvalue weighted by Crippen LogP contribution is 2.19. The topological polar surface area (TPSA) is 61.0 Å². The first-order chi connectivity index (χ1) is 11.6. The van der Waals surface area contributed by atoms with E-state index in [4.69, 9.17) is 0 Å². The molecule has 1 atom stereocenters. The van der Waals surface area contributed by atoms with E-state index in [0.29, 0.717) is 12.2 Å². The first-order valence-electron chi connectivity index (χ1n) is 8.00. The van der Waals surface area contributed by atoms with Gasteiger partial charge in [-0.15, -0.1) is 0 Å². The largest absolute Gasteiger partial charge is 0.349 e. The van der Waals surface area contributed by atoms with E-state index in [0.717, 1.165) is 10.9 Å². The molecule has 0 aliphatic rings. The third-order valence-corrected chi connectivity index (χ3v) is 4.23. The van der Waals surface area contributed by atoms with Crippen LogP contribution in [0.2, 0.25) is 0 Å². The van der Waals surface area contributed by atoms with Crippen LogP contribution >= 0.6 is 0 Å². The average molecular weight is 322 g/mol. The van der Waals surface area contributed by atoms with E-state index in [9.17, 15) is 4.79 Å². The zero-order chi connectivity index (χ0) is 17.1.